The highest BCUT2D eigenvalue weighted by molar-refractivity contribution is 5.84. The Bertz CT molecular complexity index is 762. The van der Waals surface area contributed by atoms with Crippen molar-refractivity contribution in [1.82, 2.24) is 4.90 Å². The second kappa shape index (κ2) is 6.07. The van der Waals surface area contributed by atoms with E-state index in [9.17, 15) is 4.79 Å². The minimum absolute atomic E-state index is 0.0954. The third-order valence-electron chi connectivity index (χ3n) is 4.80. The first-order chi connectivity index (χ1) is 11.3. The van der Waals surface area contributed by atoms with E-state index in [-0.39, 0.29) is 12.5 Å². The number of hydrogen-bond acceptors (Lipinski definition) is 2. The summed E-state index contributed by atoms with van der Waals surface area (Å²) in [5.41, 5.74) is 3.24. The number of rotatable bonds is 3. The first-order valence-electron chi connectivity index (χ1n) is 8.39. The molecule has 2 aliphatic rings. The van der Waals surface area contributed by atoms with Crippen molar-refractivity contribution >= 4 is 16.7 Å². The van der Waals surface area contributed by atoms with Gasteiger partial charge in [0.1, 0.15) is 5.75 Å². The molecule has 118 valence electrons. The van der Waals surface area contributed by atoms with Crippen molar-refractivity contribution in [2.24, 2.45) is 0 Å². The normalized spacial score (nSPS) is 17.5. The van der Waals surface area contributed by atoms with Gasteiger partial charge in [0.2, 0.25) is 0 Å². The number of amides is 1. The van der Waals surface area contributed by atoms with Gasteiger partial charge in [0.05, 0.1) is 0 Å². The molecule has 3 heteroatoms. The summed E-state index contributed by atoms with van der Waals surface area (Å²) in [5, 5.41) is 2.32. The van der Waals surface area contributed by atoms with Crippen LogP contribution in [0.4, 0.5) is 0 Å². The molecular weight excluding hydrogens is 286 g/mol. The summed E-state index contributed by atoms with van der Waals surface area (Å²) >= 11 is 0. The van der Waals surface area contributed by atoms with Gasteiger partial charge in [0.25, 0.3) is 5.91 Å². The molecule has 0 bridgehead atoms. The molecule has 1 heterocycles. The van der Waals surface area contributed by atoms with Gasteiger partial charge in [-0.25, -0.2) is 0 Å². The van der Waals surface area contributed by atoms with Crippen LogP contribution in [0.1, 0.15) is 25.7 Å². The fourth-order valence-electron chi connectivity index (χ4n) is 3.29. The molecule has 23 heavy (non-hydrogen) atoms. The molecular formula is C20H21NO2. The minimum Gasteiger partial charge on any atom is -0.484 e. The molecule has 0 atom stereocenters. The van der Waals surface area contributed by atoms with Crippen LogP contribution < -0.4 is 4.74 Å². The zero-order chi connectivity index (χ0) is 15.6. The zero-order valence-corrected chi connectivity index (χ0v) is 13.3. The van der Waals surface area contributed by atoms with Gasteiger partial charge in [-0.3, -0.25) is 4.79 Å². The van der Waals surface area contributed by atoms with E-state index in [4.69, 9.17) is 4.74 Å². The van der Waals surface area contributed by atoms with Crippen LogP contribution in [0.3, 0.4) is 0 Å². The number of carbonyl (C=O) groups excluding carboxylic acids is 1. The van der Waals surface area contributed by atoms with Gasteiger partial charge < -0.3 is 9.64 Å². The number of carbonyl (C=O) groups is 1. The van der Waals surface area contributed by atoms with Crippen molar-refractivity contribution in [2.75, 3.05) is 19.7 Å². The molecule has 0 unspecified atom stereocenters. The lowest BCUT2D eigenvalue weighted by molar-refractivity contribution is -0.133. The van der Waals surface area contributed by atoms with E-state index in [0.29, 0.717) is 0 Å². The van der Waals surface area contributed by atoms with Crippen molar-refractivity contribution in [3.63, 3.8) is 0 Å². The summed E-state index contributed by atoms with van der Waals surface area (Å²) in [6.45, 7) is 1.82. The molecule has 3 nitrogen and oxygen atoms in total. The minimum atomic E-state index is 0.0954. The predicted molar refractivity (Wildman–Crippen MR) is 91.5 cm³/mol. The van der Waals surface area contributed by atoms with Gasteiger partial charge in [-0.05, 0) is 48.6 Å². The smallest absolute Gasteiger partial charge is 0.260 e. The van der Waals surface area contributed by atoms with Gasteiger partial charge in [-0.1, -0.05) is 41.5 Å². The van der Waals surface area contributed by atoms with Crippen molar-refractivity contribution in [3.05, 3.63) is 53.6 Å². The molecule has 1 saturated heterocycles. The van der Waals surface area contributed by atoms with Crippen LogP contribution in [0.5, 0.6) is 5.75 Å². The van der Waals surface area contributed by atoms with Crippen LogP contribution in [0, 0.1) is 0 Å². The number of allylic oxidation sites excluding steroid dienone is 1. The highest BCUT2D eigenvalue weighted by atomic mass is 16.5. The van der Waals surface area contributed by atoms with Crippen LogP contribution in [0.15, 0.2) is 53.6 Å². The summed E-state index contributed by atoms with van der Waals surface area (Å²) in [4.78, 5) is 14.3. The standard InChI is InChI=1S/C20H21NO2/c22-20(21-11-9-17(10-12-21)16-5-6-16)14-23-19-8-7-15-3-1-2-4-18(15)13-19/h1-4,7-8,13H,5-6,9-12,14H2. The number of nitrogens with zero attached hydrogens (tertiary/aromatic N) is 1. The first-order valence-corrected chi connectivity index (χ1v) is 8.39. The Kier molecular flexibility index (Phi) is 3.78. The van der Waals surface area contributed by atoms with Crippen LogP contribution in [0.2, 0.25) is 0 Å². The Labute approximate surface area is 136 Å². The van der Waals surface area contributed by atoms with E-state index in [1.54, 1.807) is 11.1 Å². The maximum Gasteiger partial charge on any atom is 0.260 e. The second-order valence-corrected chi connectivity index (χ2v) is 6.39. The predicted octanol–water partition coefficient (Wildman–Crippen LogP) is 3.93. The molecule has 1 saturated carbocycles. The van der Waals surface area contributed by atoms with Crippen molar-refractivity contribution < 1.29 is 9.53 Å². The van der Waals surface area contributed by atoms with Gasteiger partial charge in [-0.15, -0.1) is 0 Å². The molecule has 2 fully saturated rings. The molecule has 1 aliphatic carbocycles. The number of fused-ring (bicyclic) bond motifs is 1. The lowest BCUT2D eigenvalue weighted by Gasteiger charge is -2.28. The fourth-order valence-corrected chi connectivity index (χ4v) is 3.29. The van der Waals surface area contributed by atoms with Crippen LogP contribution in [-0.2, 0) is 4.79 Å². The molecule has 4 rings (SSSR count). The quantitative estimate of drug-likeness (QED) is 0.804. The number of hydrogen-bond donors (Lipinski definition) is 0. The average Bonchev–Trinajstić information content (AvgIpc) is 3.45. The van der Waals surface area contributed by atoms with Crippen LogP contribution in [-0.4, -0.2) is 30.5 Å². The third kappa shape index (κ3) is 3.24. The average molecular weight is 307 g/mol. The number of ether oxygens (including phenoxy) is 1. The van der Waals surface area contributed by atoms with E-state index in [1.807, 2.05) is 35.2 Å². The van der Waals surface area contributed by atoms with Gasteiger partial charge in [0, 0.05) is 13.1 Å². The molecule has 0 radical (unpaired) electrons. The summed E-state index contributed by atoms with van der Waals surface area (Å²) in [5.74, 6) is 0.854. The molecule has 0 aromatic heterocycles. The summed E-state index contributed by atoms with van der Waals surface area (Å²) in [7, 11) is 0. The molecule has 2 aromatic carbocycles. The zero-order valence-electron chi connectivity index (χ0n) is 13.3. The van der Waals surface area contributed by atoms with E-state index in [0.717, 1.165) is 37.1 Å². The third-order valence-corrected chi connectivity index (χ3v) is 4.80. The van der Waals surface area contributed by atoms with Gasteiger partial charge >= 0.3 is 0 Å². The number of piperidine rings is 1. The Morgan fingerprint density at radius 3 is 2.35 bits per heavy atom. The summed E-state index contributed by atoms with van der Waals surface area (Å²) in [6.07, 6.45) is 4.68. The molecule has 1 amide bonds. The molecule has 0 spiro atoms. The van der Waals surface area contributed by atoms with E-state index < -0.39 is 0 Å². The Morgan fingerprint density at radius 2 is 1.61 bits per heavy atom. The maximum atomic E-state index is 12.3. The lowest BCUT2D eigenvalue weighted by Crippen LogP contribution is -2.39. The Hall–Kier alpha value is -2.29. The maximum absolute atomic E-state index is 12.3. The fraction of sp³-hybridized carbons (Fsp3) is 0.350. The Morgan fingerprint density at radius 1 is 0.913 bits per heavy atom. The van der Waals surface area contributed by atoms with Crippen molar-refractivity contribution in [3.8, 4) is 5.75 Å². The monoisotopic (exact) mass is 307 g/mol. The topological polar surface area (TPSA) is 29.5 Å². The molecule has 0 N–H and O–H groups in total. The highest BCUT2D eigenvalue weighted by Crippen LogP contribution is 2.36. The highest BCUT2D eigenvalue weighted by Gasteiger charge is 2.24. The Balaban J connectivity index is 1.34. The van der Waals surface area contributed by atoms with E-state index in [2.05, 4.69) is 12.1 Å². The van der Waals surface area contributed by atoms with Gasteiger partial charge in [-0.2, -0.15) is 0 Å². The van der Waals surface area contributed by atoms with Crippen LogP contribution >= 0.6 is 0 Å². The summed E-state index contributed by atoms with van der Waals surface area (Å²) in [6, 6.07) is 14.1. The lowest BCUT2D eigenvalue weighted by atomic mass is 10.0. The number of benzene rings is 2. The van der Waals surface area contributed by atoms with Crippen LogP contribution in [0.25, 0.3) is 10.8 Å². The largest absolute Gasteiger partial charge is 0.484 e. The SMILES string of the molecule is O=C(COc1ccc2ccccc2c1)N1CCC(=C2CC2)CC1. The van der Waals surface area contributed by atoms with Crippen molar-refractivity contribution in [1.29, 1.82) is 0 Å². The number of likely N-dealkylation sites (tertiary alicyclic amines) is 1. The van der Waals surface area contributed by atoms with E-state index >= 15 is 0 Å². The molecule has 2 aromatic rings. The van der Waals surface area contributed by atoms with Gasteiger partial charge in [0.15, 0.2) is 6.61 Å². The molecule has 1 aliphatic heterocycles. The second-order valence-electron chi connectivity index (χ2n) is 6.39. The summed E-state index contributed by atoms with van der Waals surface area (Å²) < 4.78 is 5.71. The van der Waals surface area contributed by atoms with Crippen molar-refractivity contribution in [2.45, 2.75) is 25.7 Å². The first kappa shape index (κ1) is 14.3. The van der Waals surface area contributed by atoms with E-state index in [1.165, 1.54) is 18.2 Å².